The zero-order chi connectivity index (χ0) is 17.2. The van der Waals surface area contributed by atoms with Gasteiger partial charge in [-0.05, 0) is 30.3 Å². The van der Waals surface area contributed by atoms with Gasteiger partial charge in [0.25, 0.3) is 10.0 Å². The van der Waals surface area contributed by atoms with Crippen molar-refractivity contribution in [3.8, 4) is 11.5 Å². The Hall–Kier alpha value is -2.35. The van der Waals surface area contributed by atoms with Crippen molar-refractivity contribution in [1.82, 2.24) is 0 Å². The molecule has 8 heteroatoms. The Morgan fingerprint density at radius 2 is 1.57 bits per heavy atom. The van der Waals surface area contributed by atoms with E-state index in [0.29, 0.717) is 17.6 Å². The average Bonchev–Trinajstić information content (AvgIpc) is 2.55. The normalized spacial score (nSPS) is 11.2. The zero-order valence-electron chi connectivity index (χ0n) is 12.7. The van der Waals surface area contributed by atoms with Crippen molar-refractivity contribution in [2.45, 2.75) is 4.90 Å². The van der Waals surface area contributed by atoms with Crippen LogP contribution in [0.5, 0.6) is 11.5 Å². The average molecular weight is 343 g/mol. The third-order valence-electron chi connectivity index (χ3n) is 3.28. The lowest BCUT2D eigenvalue weighted by Crippen LogP contribution is -2.26. The van der Waals surface area contributed by atoms with Gasteiger partial charge in [0.1, 0.15) is 0 Å². The summed E-state index contributed by atoms with van der Waals surface area (Å²) in [7, 11) is 0.138. The minimum Gasteiger partial charge on any atom is -0.493 e. The fourth-order valence-electron chi connectivity index (χ4n) is 1.95. The Labute approximate surface area is 133 Å². The van der Waals surface area contributed by atoms with Crippen LogP contribution in [0.15, 0.2) is 41.3 Å². The number of hydrogen-bond donors (Lipinski definition) is 0. The van der Waals surface area contributed by atoms with Crippen molar-refractivity contribution >= 4 is 15.7 Å². The van der Waals surface area contributed by atoms with Crippen molar-refractivity contribution in [3.05, 3.63) is 48.0 Å². The van der Waals surface area contributed by atoms with E-state index in [1.165, 1.54) is 33.4 Å². The molecule has 124 valence electrons. The van der Waals surface area contributed by atoms with Gasteiger partial charge in [-0.1, -0.05) is 0 Å². The standard InChI is InChI=1S/C15H15F2NO4S/c1-18(10-4-7-14(21-2)15(8-10)22-3)23(19,20)11-5-6-12(16)13(17)9-11/h4-9H,1-3H3. The first kappa shape index (κ1) is 17.0. The first-order valence-electron chi connectivity index (χ1n) is 6.47. The molecule has 0 aromatic heterocycles. The summed E-state index contributed by atoms with van der Waals surface area (Å²) < 4.78 is 62.5. The Morgan fingerprint density at radius 1 is 0.913 bits per heavy atom. The van der Waals surface area contributed by atoms with Crippen LogP contribution in [0.1, 0.15) is 0 Å². The van der Waals surface area contributed by atoms with Gasteiger partial charge >= 0.3 is 0 Å². The van der Waals surface area contributed by atoms with Crippen LogP contribution < -0.4 is 13.8 Å². The molecule has 0 N–H and O–H groups in total. The van der Waals surface area contributed by atoms with E-state index in [2.05, 4.69) is 0 Å². The number of benzene rings is 2. The van der Waals surface area contributed by atoms with Crippen LogP contribution in [0.25, 0.3) is 0 Å². The maximum atomic E-state index is 13.3. The van der Waals surface area contributed by atoms with Gasteiger partial charge < -0.3 is 9.47 Å². The zero-order valence-corrected chi connectivity index (χ0v) is 13.5. The molecule has 23 heavy (non-hydrogen) atoms. The minimum absolute atomic E-state index is 0.285. The summed E-state index contributed by atoms with van der Waals surface area (Å²) in [5.74, 6) is -1.56. The van der Waals surface area contributed by atoms with E-state index in [1.54, 1.807) is 6.07 Å². The molecule has 0 bridgehead atoms. The fourth-order valence-corrected chi connectivity index (χ4v) is 3.15. The van der Waals surface area contributed by atoms with E-state index in [1.807, 2.05) is 0 Å². The summed E-state index contributed by atoms with van der Waals surface area (Å²) in [4.78, 5) is -0.353. The van der Waals surface area contributed by atoms with E-state index in [9.17, 15) is 17.2 Å². The second-order valence-corrected chi connectivity index (χ2v) is 6.56. The molecule has 0 saturated heterocycles. The van der Waals surface area contributed by atoms with Crippen molar-refractivity contribution in [2.75, 3.05) is 25.6 Å². The smallest absolute Gasteiger partial charge is 0.264 e. The van der Waals surface area contributed by atoms with Crippen LogP contribution in [0.3, 0.4) is 0 Å². The summed E-state index contributed by atoms with van der Waals surface area (Å²) in [5.41, 5.74) is 0.285. The molecule has 0 amide bonds. The van der Waals surface area contributed by atoms with Crippen LogP contribution in [-0.4, -0.2) is 29.7 Å². The molecule has 0 heterocycles. The van der Waals surface area contributed by atoms with E-state index >= 15 is 0 Å². The maximum Gasteiger partial charge on any atom is 0.264 e. The van der Waals surface area contributed by atoms with Gasteiger partial charge in [0.2, 0.25) is 0 Å². The summed E-state index contributed by atoms with van der Waals surface area (Å²) in [6.07, 6.45) is 0. The maximum absolute atomic E-state index is 13.3. The lowest BCUT2D eigenvalue weighted by atomic mass is 10.3. The first-order chi connectivity index (χ1) is 10.8. The van der Waals surface area contributed by atoms with Gasteiger partial charge in [-0.3, -0.25) is 4.31 Å². The molecule has 2 rings (SSSR count). The third-order valence-corrected chi connectivity index (χ3v) is 5.06. The van der Waals surface area contributed by atoms with Gasteiger partial charge in [0.05, 0.1) is 24.8 Å². The van der Waals surface area contributed by atoms with E-state index in [0.717, 1.165) is 16.4 Å². The molecule has 0 atom stereocenters. The number of sulfonamides is 1. The van der Waals surface area contributed by atoms with Crippen molar-refractivity contribution < 1.29 is 26.7 Å². The van der Waals surface area contributed by atoms with Crippen LogP contribution in [0.4, 0.5) is 14.5 Å². The largest absolute Gasteiger partial charge is 0.493 e. The molecule has 0 aliphatic carbocycles. The van der Waals surface area contributed by atoms with Gasteiger partial charge in [0, 0.05) is 13.1 Å². The van der Waals surface area contributed by atoms with Gasteiger partial charge in [-0.15, -0.1) is 0 Å². The summed E-state index contributed by atoms with van der Waals surface area (Å²) in [5, 5.41) is 0. The van der Waals surface area contributed by atoms with Crippen LogP contribution in [-0.2, 0) is 10.0 Å². The van der Waals surface area contributed by atoms with E-state index in [-0.39, 0.29) is 10.6 Å². The molecule has 5 nitrogen and oxygen atoms in total. The van der Waals surface area contributed by atoms with Crippen molar-refractivity contribution in [2.24, 2.45) is 0 Å². The van der Waals surface area contributed by atoms with Gasteiger partial charge in [-0.25, -0.2) is 17.2 Å². The number of rotatable bonds is 5. The summed E-state index contributed by atoms with van der Waals surface area (Å²) in [6.45, 7) is 0. The van der Waals surface area contributed by atoms with Crippen LogP contribution >= 0.6 is 0 Å². The molecule has 0 fully saturated rings. The third kappa shape index (κ3) is 3.21. The highest BCUT2D eigenvalue weighted by atomic mass is 32.2. The predicted octanol–water partition coefficient (Wildman–Crippen LogP) is 2.81. The topological polar surface area (TPSA) is 55.8 Å². The van der Waals surface area contributed by atoms with E-state index in [4.69, 9.17) is 9.47 Å². The minimum atomic E-state index is -4.05. The van der Waals surface area contributed by atoms with Crippen molar-refractivity contribution in [1.29, 1.82) is 0 Å². The Balaban J connectivity index is 2.45. The lowest BCUT2D eigenvalue weighted by Gasteiger charge is -2.20. The second-order valence-electron chi connectivity index (χ2n) is 4.59. The molecule has 0 aliphatic heterocycles. The Morgan fingerprint density at radius 3 is 2.13 bits per heavy atom. The van der Waals surface area contributed by atoms with Crippen LogP contribution in [0, 0.1) is 11.6 Å². The molecule has 0 aliphatic rings. The second kappa shape index (κ2) is 6.41. The molecule has 0 spiro atoms. The SMILES string of the molecule is COc1ccc(N(C)S(=O)(=O)c2ccc(F)c(F)c2)cc1OC. The first-order valence-corrected chi connectivity index (χ1v) is 7.91. The fraction of sp³-hybridized carbons (Fsp3) is 0.200. The number of nitrogens with zero attached hydrogens (tertiary/aromatic N) is 1. The Bertz CT molecular complexity index is 824. The number of methoxy groups -OCH3 is 2. The summed E-state index contributed by atoms with van der Waals surface area (Å²) >= 11 is 0. The molecular weight excluding hydrogens is 328 g/mol. The highest BCUT2D eigenvalue weighted by Gasteiger charge is 2.23. The monoisotopic (exact) mass is 343 g/mol. The lowest BCUT2D eigenvalue weighted by molar-refractivity contribution is 0.355. The number of hydrogen-bond acceptors (Lipinski definition) is 4. The summed E-state index contributed by atoms with van der Waals surface area (Å²) in [6, 6.07) is 6.94. The molecule has 0 unspecified atom stereocenters. The number of anilines is 1. The Kier molecular flexibility index (Phi) is 4.74. The molecule has 0 saturated carbocycles. The van der Waals surface area contributed by atoms with Gasteiger partial charge in [-0.2, -0.15) is 0 Å². The number of ether oxygens (including phenoxy) is 2. The van der Waals surface area contributed by atoms with E-state index < -0.39 is 21.7 Å². The van der Waals surface area contributed by atoms with Gasteiger partial charge in [0.15, 0.2) is 23.1 Å². The highest BCUT2D eigenvalue weighted by Crippen LogP contribution is 2.33. The van der Waals surface area contributed by atoms with Crippen molar-refractivity contribution in [3.63, 3.8) is 0 Å². The number of halogens is 2. The molecule has 0 radical (unpaired) electrons. The highest BCUT2D eigenvalue weighted by molar-refractivity contribution is 7.92. The molecular formula is C15H15F2NO4S. The predicted molar refractivity (Wildman–Crippen MR) is 81.5 cm³/mol. The van der Waals surface area contributed by atoms with Crippen LogP contribution in [0.2, 0.25) is 0 Å². The quantitative estimate of drug-likeness (QED) is 0.838. The molecule has 2 aromatic carbocycles. The molecule has 2 aromatic rings.